The summed E-state index contributed by atoms with van der Waals surface area (Å²) in [4.78, 5) is 33.4. The molecule has 0 saturated heterocycles. The molecule has 0 aliphatic heterocycles. The molecule has 1 rings (SSSR count). The van der Waals surface area contributed by atoms with Crippen molar-refractivity contribution in [2.75, 3.05) is 6.61 Å². The van der Waals surface area contributed by atoms with Crippen molar-refractivity contribution in [3.05, 3.63) is 16.3 Å². The molecule has 1 aromatic heterocycles. The second-order valence-electron chi connectivity index (χ2n) is 3.88. The van der Waals surface area contributed by atoms with Crippen molar-refractivity contribution in [2.45, 2.75) is 19.9 Å². The number of ether oxygens (including phenoxy) is 1. The summed E-state index contributed by atoms with van der Waals surface area (Å²) in [5.41, 5.74) is 0. The van der Waals surface area contributed by atoms with E-state index in [1.165, 1.54) is 6.07 Å². The number of nitrogens with one attached hydrogen (secondary N) is 2. The van der Waals surface area contributed by atoms with E-state index in [1.807, 2.05) is 0 Å². The highest BCUT2D eigenvalue weighted by atomic mass is 32.1. The highest BCUT2D eigenvalue weighted by molar-refractivity contribution is 7.12. The van der Waals surface area contributed by atoms with Gasteiger partial charge in [0.15, 0.2) is 11.5 Å². The van der Waals surface area contributed by atoms with E-state index in [-0.39, 0.29) is 16.7 Å². The number of hydrogen-bond acceptors (Lipinski definition) is 5. The molecule has 0 radical (unpaired) electrons. The minimum atomic E-state index is -1.12. The smallest absolute Gasteiger partial charge is 0.349 e. The van der Waals surface area contributed by atoms with Gasteiger partial charge in [-0.3, -0.25) is 10.1 Å². The monoisotopic (exact) mass is 286 g/mol. The third kappa shape index (κ3) is 4.96. The molecule has 7 nitrogen and oxygen atoms in total. The first kappa shape index (κ1) is 15.0. The van der Waals surface area contributed by atoms with E-state index in [4.69, 9.17) is 9.84 Å². The topological polar surface area (TPSA) is 105 Å². The number of rotatable bonds is 5. The molecule has 104 valence electrons. The highest BCUT2D eigenvalue weighted by Crippen LogP contribution is 2.24. The number of thiophene rings is 1. The van der Waals surface area contributed by atoms with Crippen molar-refractivity contribution in [1.29, 1.82) is 0 Å². The number of carbonyl (C=O) groups is 3. The number of aromatic carboxylic acids is 1. The number of urea groups is 1. The lowest BCUT2D eigenvalue weighted by Gasteiger charge is -2.09. The van der Waals surface area contributed by atoms with Crippen LogP contribution in [0.25, 0.3) is 0 Å². The van der Waals surface area contributed by atoms with Gasteiger partial charge in [-0.15, -0.1) is 11.3 Å². The fraction of sp³-hybridized carbons (Fsp3) is 0.364. The predicted molar refractivity (Wildman–Crippen MR) is 68.6 cm³/mol. The average Bonchev–Trinajstić information content (AvgIpc) is 2.73. The number of carboxylic acid groups (broad SMARTS) is 1. The largest absolute Gasteiger partial charge is 0.482 e. The summed E-state index contributed by atoms with van der Waals surface area (Å²) < 4.78 is 5.04. The first-order valence-corrected chi connectivity index (χ1v) is 6.32. The van der Waals surface area contributed by atoms with Crippen LogP contribution in [0, 0.1) is 0 Å². The number of amides is 3. The van der Waals surface area contributed by atoms with E-state index in [9.17, 15) is 14.4 Å². The van der Waals surface area contributed by atoms with Gasteiger partial charge in [-0.05, 0) is 25.3 Å². The summed E-state index contributed by atoms with van der Waals surface area (Å²) in [6.07, 6.45) is 0. The molecule has 0 fully saturated rings. The van der Waals surface area contributed by atoms with Gasteiger partial charge in [0.1, 0.15) is 5.75 Å². The summed E-state index contributed by atoms with van der Waals surface area (Å²) in [5.74, 6) is -1.67. The van der Waals surface area contributed by atoms with E-state index in [0.29, 0.717) is 0 Å². The van der Waals surface area contributed by atoms with Crippen molar-refractivity contribution in [3.63, 3.8) is 0 Å². The Labute approximate surface area is 113 Å². The van der Waals surface area contributed by atoms with Crippen molar-refractivity contribution < 1.29 is 24.2 Å². The van der Waals surface area contributed by atoms with Crippen molar-refractivity contribution in [3.8, 4) is 5.75 Å². The van der Waals surface area contributed by atoms with Crippen LogP contribution in [-0.2, 0) is 4.79 Å². The molecule has 0 aliphatic rings. The molecule has 0 saturated carbocycles. The maximum Gasteiger partial charge on any atom is 0.349 e. The Hall–Kier alpha value is -2.09. The van der Waals surface area contributed by atoms with Crippen molar-refractivity contribution in [2.24, 2.45) is 0 Å². The van der Waals surface area contributed by atoms with Crippen LogP contribution in [0.4, 0.5) is 4.79 Å². The summed E-state index contributed by atoms with van der Waals surface area (Å²) in [7, 11) is 0. The Kier molecular flexibility index (Phi) is 5.31. The molecule has 0 bridgehead atoms. The van der Waals surface area contributed by atoms with Crippen molar-refractivity contribution in [1.82, 2.24) is 10.6 Å². The molecule has 1 heterocycles. The zero-order valence-electron chi connectivity index (χ0n) is 10.4. The number of imide groups is 1. The van der Waals surface area contributed by atoms with E-state index in [0.717, 1.165) is 11.3 Å². The van der Waals surface area contributed by atoms with Crippen LogP contribution >= 0.6 is 11.3 Å². The predicted octanol–water partition coefficient (Wildman–Crippen LogP) is 1.06. The minimum absolute atomic E-state index is 0.0134. The number of carbonyl (C=O) groups excluding carboxylic acids is 2. The van der Waals surface area contributed by atoms with Gasteiger partial charge in [-0.1, -0.05) is 0 Å². The SMILES string of the molecule is CC(C)NC(=O)NC(=O)COc1ccsc1C(=O)O. The van der Waals surface area contributed by atoms with Crippen LogP contribution in [0.15, 0.2) is 11.4 Å². The first-order valence-electron chi connectivity index (χ1n) is 5.44. The number of hydrogen-bond donors (Lipinski definition) is 3. The van der Waals surface area contributed by atoms with Gasteiger partial charge in [0, 0.05) is 6.04 Å². The normalized spacial score (nSPS) is 10.1. The lowest BCUT2D eigenvalue weighted by atomic mass is 10.4. The van der Waals surface area contributed by atoms with Gasteiger partial charge in [-0.2, -0.15) is 0 Å². The fourth-order valence-electron chi connectivity index (χ4n) is 1.17. The van der Waals surface area contributed by atoms with Gasteiger partial charge in [0.05, 0.1) is 0 Å². The molecule has 19 heavy (non-hydrogen) atoms. The molecule has 3 amide bonds. The summed E-state index contributed by atoms with van der Waals surface area (Å²) in [6, 6.07) is 0.742. The summed E-state index contributed by atoms with van der Waals surface area (Å²) in [5, 5.41) is 14.9. The maximum absolute atomic E-state index is 11.4. The summed E-state index contributed by atoms with van der Waals surface area (Å²) >= 11 is 0.996. The van der Waals surface area contributed by atoms with Gasteiger partial charge in [-0.25, -0.2) is 9.59 Å². The van der Waals surface area contributed by atoms with Crippen LogP contribution in [0.2, 0.25) is 0 Å². The minimum Gasteiger partial charge on any atom is -0.482 e. The van der Waals surface area contributed by atoms with Gasteiger partial charge >= 0.3 is 12.0 Å². The van der Waals surface area contributed by atoms with E-state index in [1.54, 1.807) is 19.2 Å². The second kappa shape index (κ2) is 6.74. The molecular weight excluding hydrogens is 272 g/mol. The van der Waals surface area contributed by atoms with Crippen LogP contribution < -0.4 is 15.4 Å². The van der Waals surface area contributed by atoms with Crippen LogP contribution in [-0.4, -0.2) is 35.7 Å². The second-order valence-corrected chi connectivity index (χ2v) is 4.80. The van der Waals surface area contributed by atoms with Gasteiger partial charge < -0.3 is 15.2 Å². The molecule has 0 aliphatic carbocycles. The first-order chi connectivity index (χ1) is 8.90. The number of carboxylic acids is 1. The zero-order chi connectivity index (χ0) is 14.4. The van der Waals surface area contributed by atoms with Crippen LogP contribution in [0.3, 0.4) is 0 Å². The molecule has 0 unspecified atom stereocenters. The zero-order valence-corrected chi connectivity index (χ0v) is 11.2. The molecule has 8 heteroatoms. The van der Waals surface area contributed by atoms with Crippen LogP contribution in [0.5, 0.6) is 5.75 Å². The van der Waals surface area contributed by atoms with Gasteiger partial charge in [0.2, 0.25) is 0 Å². The van der Waals surface area contributed by atoms with Crippen molar-refractivity contribution >= 4 is 29.2 Å². The molecule has 3 N–H and O–H groups in total. The third-order valence-corrected chi connectivity index (χ3v) is 2.74. The quantitative estimate of drug-likeness (QED) is 0.750. The standard InChI is InChI=1S/C11H14N2O5S/c1-6(2)12-11(17)13-8(14)5-18-7-3-4-19-9(7)10(15)16/h3-4,6H,5H2,1-2H3,(H,15,16)(H2,12,13,14,17). The average molecular weight is 286 g/mol. The van der Waals surface area contributed by atoms with Gasteiger partial charge in [0.25, 0.3) is 5.91 Å². The molecule has 1 aromatic rings. The highest BCUT2D eigenvalue weighted by Gasteiger charge is 2.15. The Balaban J connectivity index is 2.44. The molecular formula is C11H14N2O5S. The molecule has 0 aromatic carbocycles. The van der Waals surface area contributed by atoms with E-state index in [2.05, 4.69) is 10.6 Å². The molecule has 0 atom stereocenters. The lowest BCUT2D eigenvalue weighted by Crippen LogP contribution is -2.44. The van der Waals surface area contributed by atoms with Crippen LogP contribution in [0.1, 0.15) is 23.5 Å². The maximum atomic E-state index is 11.4. The lowest BCUT2D eigenvalue weighted by molar-refractivity contribution is -0.122. The third-order valence-electron chi connectivity index (χ3n) is 1.85. The summed E-state index contributed by atoms with van der Waals surface area (Å²) in [6.45, 7) is 3.08. The Morgan fingerprint density at radius 1 is 1.42 bits per heavy atom. The fourth-order valence-corrected chi connectivity index (χ4v) is 1.84. The Bertz CT molecular complexity index is 483. The molecule has 0 spiro atoms. The Morgan fingerprint density at radius 2 is 2.11 bits per heavy atom. The van der Waals surface area contributed by atoms with E-state index >= 15 is 0 Å². The Morgan fingerprint density at radius 3 is 2.68 bits per heavy atom. The van der Waals surface area contributed by atoms with E-state index < -0.39 is 24.5 Å².